The van der Waals surface area contributed by atoms with Crippen molar-refractivity contribution < 1.29 is 27.2 Å². The van der Waals surface area contributed by atoms with Crippen LogP contribution >= 0.6 is 0 Å². The molecular formula is C22H20O6Si. The van der Waals surface area contributed by atoms with E-state index in [2.05, 4.69) is 6.58 Å². The number of ether oxygens (including phenoxy) is 1. The van der Waals surface area contributed by atoms with Crippen molar-refractivity contribution in [1.29, 1.82) is 0 Å². The molecule has 0 spiro atoms. The lowest BCUT2D eigenvalue weighted by atomic mass is 10.3. The third-order valence-electron chi connectivity index (χ3n) is 3.56. The summed E-state index contributed by atoms with van der Waals surface area (Å²) in [5.74, 6) is 0.829. The van der Waals surface area contributed by atoms with Gasteiger partial charge >= 0.3 is 15.0 Å². The van der Waals surface area contributed by atoms with Crippen LogP contribution in [0.2, 0.25) is 0 Å². The van der Waals surface area contributed by atoms with E-state index in [0.717, 1.165) is 6.08 Å². The highest BCUT2D eigenvalue weighted by Crippen LogP contribution is 2.24. The first-order valence-electron chi connectivity index (χ1n) is 8.84. The fraction of sp³-hybridized carbons (Fsp3) is 0.0455. The van der Waals surface area contributed by atoms with Crippen LogP contribution in [0.15, 0.2) is 104 Å². The highest BCUT2D eigenvalue weighted by Gasteiger charge is 2.55. The SMILES string of the molecule is C=CC(=O)OCO[Si](Oc1ccccc1)(Oc1ccccc1)Oc1ccccc1. The average molecular weight is 408 g/mol. The molecule has 0 N–H and O–H groups in total. The zero-order valence-electron chi connectivity index (χ0n) is 15.6. The molecule has 29 heavy (non-hydrogen) atoms. The molecule has 148 valence electrons. The van der Waals surface area contributed by atoms with Gasteiger partial charge in [0.1, 0.15) is 17.2 Å². The maximum Gasteiger partial charge on any atom is 0.895 e. The van der Waals surface area contributed by atoms with E-state index in [-0.39, 0.29) is 0 Å². The normalized spacial score (nSPS) is 10.6. The molecule has 0 aliphatic heterocycles. The molecule has 0 aliphatic carbocycles. The largest absolute Gasteiger partial charge is 0.895 e. The van der Waals surface area contributed by atoms with Gasteiger partial charge in [0.2, 0.25) is 0 Å². The van der Waals surface area contributed by atoms with Crippen LogP contribution in [0, 0.1) is 0 Å². The topological polar surface area (TPSA) is 63.2 Å². The molecule has 0 radical (unpaired) electrons. The Morgan fingerprint density at radius 3 is 1.45 bits per heavy atom. The van der Waals surface area contributed by atoms with Crippen molar-refractivity contribution in [2.75, 3.05) is 6.79 Å². The molecule has 0 bridgehead atoms. The van der Waals surface area contributed by atoms with Crippen LogP contribution in [-0.4, -0.2) is 21.8 Å². The van der Waals surface area contributed by atoms with Crippen molar-refractivity contribution in [1.82, 2.24) is 0 Å². The van der Waals surface area contributed by atoms with Crippen LogP contribution in [0.25, 0.3) is 0 Å². The lowest BCUT2D eigenvalue weighted by molar-refractivity contribution is -0.147. The van der Waals surface area contributed by atoms with Crippen LogP contribution < -0.4 is 13.3 Å². The van der Waals surface area contributed by atoms with Gasteiger partial charge in [-0.3, -0.25) is 4.43 Å². The van der Waals surface area contributed by atoms with Crippen molar-refractivity contribution in [2.45, 2.75) is 0 Å². The molecule has 0 amide bonds. The number of hydrogen-bond donors (Lipinski definition) is 0. The Hall–Kier alpha value is -3.55. The predicted octanol–water partition coefficient (Wildman–Crippen LogP) is 4.36. The zero-order chi connectivity index (χ0) is 20.4. The number of carbonyl (C=O) groups excluding carboxylic acids is 1. The minimum Gasteiger partial charge on any atom is -0.462 e. The molecule has 0 atom stereocenters. The van der Waals surface area contributed by atoms with Crippen molar-refractivity contribution in [3.8, 4) is 17.2 Å². The molecule has 0 heterocycles. The first-order chi connectivity index (χ1) is 14.2. The molecule has 0 unspecified atom stereocenters. The number of para-hydroxylation sites is 3. The molecule has 3 aromatic carbocycles. The predicted molar refractivity (Wildman–Crippen MR) is 109 cm³/mol. The summed E-state index contributed by atoms with van der Waals surface area (Å²) in [5, 5.41) is 0. The lowest BCUT2D eigenvalue weighted by Crippen LogP contribution is -2.58. The molecule has 7 heteroatoms. The maximum atomic E-state index is 11.4. The number of esters is 1. The molecule has 3 rings (SSSR count). The fourth-order valence-electron chi connectivity index (χ4n) is 2.27. The highest BCUT2D eigenvalue weighted by molar-refractivity contribution is 6.56. The van der Waals surface area contributed by atoms with Crippen LogP contribution in [-0.2, 0) is 14.0 Å². The van der Waals surface area contributed by atoms with Gasteiger partial charge in [0.15, 0.2) is 6.79 Å². The summed E-state index contributed by atoms with van der Waals surface area (Å²) < 4.78 is 29.0. The van der Waals surface area contributed by atoms with E-state index in [1.54, 1.807) is 36.4 Å². The number of benzene rings is 3. The Morgan fingerprint density at radius 1 is 0.724 bits per heavy atom. The molecule has 6 nitrogen and oxygen atoms in total. The van der Waals surface area contributed by atoms with Gasteiger partial charge in [0.25, 0.3) is 0 Å². The van der Waals surface area contributed by atoms with Crippen molar-refractivity contribution >= 4 is 15.0 Å². The lowest BCUT2D eigenvalue weighted by Gasteiger charge is -2.28. The third kappa shape index (κ3) is 6.24. The molecule has 0 aliphatic rings. The quantitative estimate of drug-likeness (QED) is 0.215. The van der Waals surface area contributed by atoms with Crippen molar-refractivity contribution in [2.24, 2.45) is 0 Å². The summed E-state index contributed by atoms with van der Waals surface area (Å²) in [6, 6.07) is 27.0. The molecule has 0 saturated heterocycles. The van der Waals surface area contributed by atoms with E-state index in [4.69, 9.17) is 22.4 Å². The van der Waals surface area contributed by atoms with Crippen LogP contribution in [0.5, 0.6) is 17.2 Å². The second-order valence-electron chi connectivity index (χ2n) is 5.68. The molecule has 3 aromatic rings. The number of rotatable bonds is 10. The monoisotopic (exact) mass is 408 g/mol. The van der Waals surface area contributed by atoms with Crippen molar-refractivity contribution in [3.63, 3.8) is 0 Å². The summed E-state index contributed by atoms with van der Waals surface area (Å²) in [6.45, 7) is 2.94. The first-order valence-corrected chi connectivity index (χ1v) is 10.5. The summed E-state index contributed by atoms with van der Waals surface area (Å²) in [7, 11) is -3.91. The molecule has 0 aromatic heterocycles. The van der Waals surface area contributed by atoms with Gasteiger partial charge in [0, 0.05) is 6.08 Å². The minimum absolute atomic E-state index is 0.427. The van der Waals surface area contributed by atoms with Crippen LogP contribution in [0.4, 0.5) is 0 Å². The Morgan fingerprint density at radius 2 is 1.10 bits per heavy atom. The highest BCUT2D eigenvalue weighted by atomic mass is 28.4. The second kappa shape index (κ2) is 10.1. The minimum atomic E-state index is -3.91. The maximum absolute atomic E-state index is 11.4. The number of hydrogen-bond acceptors (Lipinski definition) is 6. The second-order valence-corrected chi connectivity index (χ2v) is 7.58. The first kappa shape index (κ1) is 20.2. The summed E-state index contributed by atoms with van der Waals surface area (Å²) in [6.07, 6.45) is 1.04. The van der Waals surface area contributed by atoms with Crippen molar-refractivity contribution in [3.05, 3.63) is 104 Å². The molecular weight excluding hydrogens is 388 g/mol. The van der Waals surface area contributed by atoms with Gasteiger partial charge in [-0.1, -0.05) is 61.2 Å². The van der Waals surface area contributed by atoms with E-state index < -0.39 is 21.8 Å². The van der Waals surface area contributed by atoms with Crippen LogP contribution in [0.3, 0.4) is 0 Å². The van der Waals surface area contributed by atoms with Gasteiger partial charge in [0.05, 0.1) is 0 Å². The van der Waals surface area contributed by atoms with Gasteiger partial charge < -0.3 is 18.0 Å². The zero-order valence-corrected chi connectivity index (χ0v) is 16.6. The van der Waals surface area contributed by atoms with Crippen LogP contribution in [0.1, 0.15) is 0 Å². The molecule has 0 saturated carbocycles. The van der Waals surface area contributed by atoms with Gasteiger partial charge in [-0.05, 0) is 36.4 Å². The summed E-state index contributed by atoms with van der Waals surface area (Å²) in [5.41, 5.74) is 0. The Balaban J connectivity index is 1.92. The van der Waals surface area contributed by atoms with E-state index in [0.29, 0.717) is 17.2 Å². The average Bonchev–Trinajstić information content (AvgIpc) is 2.75. The van der Waals surface area contributed by atoms with E-state index in [1.807, 2.05) is 54.6 Å². The number of carbonyl (C=O) groups is 1. The summed E-state index contributed by atoms with van der Waals surface area (Å²) >= 11 is 0. The Kier molecular flexibility index (Phi) is 7.04. The fourth-order valence-corrected chi connectivity index (χ4v) is 4.05. The molecule has 0 fully saturated rings. The smallest absolute Gasteiger partial charge is 0.462 e. The van der Waals surface area contributed by atoms with E-state index in [1.165, 1.54) is 0 Å². The standard InChI is InChI=1S/C22H20O6Si/c1-2-22(23)24-18-25-29(26-19-12-6-3-7-13-19,27-20-14-8-4-9-15-20)28-21-16-10-5-11-17-21/h2-17H,1,18H2. The van der Waals surface area contributed by atoms with E-state index >= 15 is 0 Å². The third-order valence-corrected chi connectivity index (χ3v) is 5.49. The van der Waals surface area contributed by atoms with Gasteiger partial charge in [-0.25, -0.2) is 4.79 Å². The summed E-state index contributed by atoms with van der Waals surface area (Å²) in [4.78, 5) is 11.4. The van der Waals surface area contributed by atoms with E-state index in [9.17, 15) is 4.79 Å². The Labute approximate surface area is 170 Å². The van der Waals surface area contributed by atoms with Gasteiger partial charge in [-0.15, -0.1) is 0 Å². The Bertz CT molecular complexity index is 801. The van der Waals surface area contributed by atoms with Gasteiger partial charge in [-0.2, -0.15) is 0 Å².